The number of para-hydroxylation sites is 1. The van der Waals surface area contributed by atoms with Gasteiger partial charge in [-0.1, -0.05) is 29.8 Å². The summed E-state index contributed by atoms with van der Waals surface area (Å²) in [6.45, 7) is 5.66. The first-order valence-electron chi connectivity index (χ1n) is 9.65. The fourth-order valence-corrected chi connectivity index (χ4v) is 3.47. The van der Waals surface area contributed by atoms with Crippen LogP contribution in [0.1, 0.15) is 25.0 Å². The smallest absolute Gasteiger partial charge is 0.340 e. The van der Waals surface area contributed by atoms with Gasteiger partial charge in [-0.25, -0.2) is 4.79 Å². The molecule has 0 radical (unpaired) electrons. The minimum Gasteiger partial charge on any atom is -0.493 e. The van der Waals surface area contributed by atoms with E-state index in [2.05, 4.69) is 0 Å². The first-order chi connectivity index (χ1) is 14.4. The minimum absolute atomic E-state index is 0.212. The molecule has 0 atom stereocenters. The number of aryl methyl sites for hydroxylation is 1. The van der Waals surface area contributed by atoms with Gasteiger partial charge in [-0.15, -0.1) is 0 Å². The molecule has 30 heavy (non-hydrogen) atoms. The number of carbonyl (C=O) groups is 2. The summed E-state index contributed by atoms with van der Waals surface area (Å²) in [6, 6.07) is 12.9. The van der Waals surface area contributed by atoms with Crippen molar-refractivity contribution in [3.63, 3.8) is 0 Å². The van der Waals surface area contributed by atoms with Crippen LogP contribution in [0.25, 0.3) is 6.08 Å². The van der Waals surface area contributed by atoms with Crippen LogP contribution < -0.4 is 14.4 Å². The number of rotatable bonds is 6. The Kier molecular flexibility index (Phi) is 6.26. The highest BCUT2D eigenvalue weighted by Gasteiger charge is 2.38. The number of esters is 1. The van der Waals surface area contributed by atoms with Crippen molar-refractivity contribution >= 4 is 23.6 Å². The molecule has 0 bridgehead atoms. The molecule has 0 aromatic heterocycles. The molecule has 0 spiro atoms. The molecule has 0 saturated heterocycles. The van der Waals surface area contributed by atoms with Crippen molar-refractivity contribution in [2.45, 2.75) is 20.8 Å². The molecule has 6 heteroatoms. The normalized spacial score (nSPS) is 15.0. The molecular weight excluding hydrogens is 382 g/mol. The van der Waals surface area contributed by atoms with E-state index in [1.165, 1.54) is 12.0 Å². The summed E-state index contributed by atoms with van der Waals surface area (Å²) in [5, 5.41) is 0. The van der Waals surface area contributed by atoms with E-state index in [9.17, 15) is 9.59 Å². The fourth-order valence-electron chi connectivity index (χ4n) is 3.47. The third-order valence-corrected chi connectivity index (χ3v) is 4.91. The van der Waals surface area contributed by atoms with Gasteiger partial charge in [0, 0.05) is 16.9 Å². The molecule has 0 N–H and O–H groups in total. The Hall–Kier alpha value is -3.54. The molecule has 0 unspecified atom stereocenters. The first kappa shape index (κ1) is 21.2. The zero-order valence-electron chi connectivity index (χ0n) is 17.8. The molecule has 3 rings (SSSR count). The number of hydrogen-bond acceptors (Lipinski definition) is 5. The van der Waals surface area contributed by atoms with Crippen LogP contribution in [0.3, 0.4) is 0 Å². The standard InChI is InChI=1S/C24H25NO5/c1-6-30-24(27)21-16(3)25(18-12-10-15(2)11-13-18)23(26)19(21)14-17-8-7-9-20(28-4)22(17)29-5/h7-14H,6H2,1-5H3/b19-14+. The van der Waals surface area contributed by atoms with E-state index < -0.39 is 5.97 Å². The Labute approximate surface area is 176 Å². The molecule has 0 aliphatic carbocycles. The van der Waals surface area contributed by atoms with Crippen molar-refractivity contribution in [2.75, 3.05) is 25.7 Å². The maximum Gasteiger partial charge on any atom is 0.340 e. The zero-order valence-corrected chi connectivity index (χ0v) is 17.8. The number of ether oxygens (including phenoxy) is 3. The molecule has 1 amide bonds. The third kappa shape index (κ3) is 3.81. The van der Waals surface area contributed by atoms with Crippen molar-refractivity contribution in [1.29, 1.82) is 0 Å². The van der Waals surface area contributed by atoms with Crippen LogP contribution in [0.4, 0.5) is 5.69 Å². The second-order valence-electron chi connectivity index (χ2n) is 6.80. The zero-order chi connectivity index (χ0) is 21.8. The van der Waals surface area contributed by atoms with Crippen molar-refractivity contribution in [3.05, 3.63) is 70.4 Å². The van der Waals surface area contributed by atoms with Crippen LogP contribution in [0, 0.1) is 6.92 Å². The van der Waals surface area contributed by atoms with Gasteiger partial charge in [0.05, 0.1) is 32.0 Å². The Morgan fingerprint density at radius 1 is 1.03 bits per heavy atom. The summed E-state index contributed by atoms with van der Waals surface area (Å²) in [5.74, 6) is 0.177. The summed E-state index contributed by atoms with van der Waals surface area (Å²) in [4.78, 5) is 27.7. The predicted octanol–water partition coefficient (Wildman–Crippen LogP) is 4.28. The molecule has 2 aromatic carbocycles. The molecule has 156 valence electrons. The van der Waals surface area contributed by atoms with Gasteiger partial charge in [-0.3, -0.25) is 9.69 Å². The van der Waals surface area contributed by atoms with Crippen LogP contribution in [0.15, 0.2) is 59.3 Å². The number of methoxy groups -OCH3 is 2. The Bertz CT molecular complexity index is 1030. The number of amides is 1. The van der Waals surface area contributed by atoms with E-state index in [1.807, 2.05) is 31.2 Å². The third-order valence-electron chi connectivity index (χ3n) is 4.91. The van der Waals surface area contributed by atoms with Crippen LogP contribution in [0.5, 0.6) is 11.5 Å². The molecule has 0 fully saturated rings. The quantitative estimate of drug-likeness (QED) is 0.528. The maximum atomic E-state index is 13.4. The van der Waals surface area contributed by atoms with Crippen molar-refractivity contribution < 1.29 is 23.8 Å². The van der Waals surface area contributed by atoms with Crippen molar-refractivity contribution in [3.8, 4) is 11.5 Å². The lowest BCUT2D eigenvalue weighted by Gasteiger charge is -2.18. The summed E-state index contributed by atoms with van der Waals surface area (Å²) < 4.78 is 16.1. The Morgan fingerprint density at radius 3 is 2.33 bits per heavy atom. The molecule has 2 aromatic rings. The highest BCUT2D eigenvalue weighted by molar-refractivity contribution is 6.24. The second-order valence-corrected chi connectivity index (χ2v) is 6.80. The minimum atomic E-state index is -0.536. The lowest BCUT2D eigenvalue weighted by atomic mass is 10.0. The maximum absolute atomic E-state index is 13.4. The van der Waals surface area contributed by atoms with E-state index >= 15 is 0 Å². The van der Waals surface area contributed by atoms with Crippen molar-refractivity contribution in [2.24, 2.45) is 0 Å². The van der Waals surface area contributed by atoms with Gasteiger partial charge in [0.2, 0.25) is 0 Å². The van der Waals surface area contributed by atoms with Gasteiger partial charge in [0.25, 0.3) is 5.91 Å². The average molecular weight is 407 g/mol. The summed E-state index contributed by atoms with van der Waals surface area (Å²) in [6.07, 6.45) is 1.65. The van der Waals surface area contributed by atoms with Crippen LogP contribution in [-0.4, -0.2) is 32.7 Å². The fraction of sp³-hybridized carbons (Fsp3) is 0.250. The van der Waals surface area contributed by atoms with E-state index in [0.717, 1.165) is 5.56 Å². The van der Waals surface area contributed by atoms with E-state index in [1.54, 1.807) is 45.2 Å². The second kappa shape index (κ2) is 8.86. The van der Waals surface area contributed by atoms with Gasteiger partial charge >= 0.3 is 5.97 Å². The van der Waals surface area contributed by atoms with E-state index in [4.69, 9.17) is 14.2 Å². The van der Waals surface area contributed by atoms with Crippen LogP contribution in [0.2, 0.25) is 0 Å². The molecule has 1 heterocycles. The predicted molar refractivity (Wildman–Crippen MR) is 116 cm³/mol. The number of benzene rings is 2. The van der Waals surface area contributed by atoms with E-state index in [0.29, 0.717) is 28.4 Å². The van der Waals surface area contributed by atoms with Gasteiger partial charge < -0.3 is 14.2 Å². The molecular formula is C24H25NO5. The number of carbonyl (C=O) groups excluding carboxylic acids is 2. The monoisotopic (exact) mass is 407 g/mol. The first-order valence-corrected chi connectivity index (χ1v) is 9.65. The van der Waals surface area contributed by atoms with Gasteiger partial charge in [0.1, 0.15) is 0 Å². The van der Waals surface area contributed by atoms with E-state index in [-0.39, 0.29) is 23.7 Å². The van der Waals surface area contributed by atoms with Gasteiger partial charge in [-0.05, 0) is 45.0 Å². The highest BCUT2D eigenvalue weighted by atomic mass is 16.5. The molecule has 6 nitrogen and oxygen atoms in total. The number of hydrogen-bond donors (Lipinski definition) is 0. The van der Waals surface area contributed by atoms with Crippen LogP contribution in [-0.2, 0) is 14.3 Å². The Balaban J connectivity index is 2.18. The number of nitrogens with zero attached hydrogens (tertiary/aromatic N) is 1. The van der Waals surface area contributed by atoms with Crippen molar-refractivity contribution in [1.82, 2.24) is 0 Å². The summed E-state index contributed by atoms with van der Waals surface area (Å²) >= 11 is 0. The lowest BCUT2D eigenvalue weighted by Crippen LogP contribution is -2.24. The topological polar surface area (TPSA) is 65.1 Å². The molecule has 0 saturated carbocycles. The number of anilines is 1. The van der Waals surface area contributed by atoms with Crippen LogP contribution >= 0.6 is 0 Å². The lowest BCUT2D eigenvalue weighted by molar-refractivity contribution is -0.138. The number of allylic oxidation sites excluding steroid dienone is 1. The SMILES string of the molecule is CCOC(=O)C1=C(C)N(c2ccc(C)cc2)C(=O)/C1=C/c1cccc(OC)c1OC. The molecule has 1 aliphatic rings. The largest absolute Gasteiger partial charge is 0.493 e. The highest BCUT2D eigenvalue weighted by Crippen LogP contribution is 2.38. The summed E-state index contributed by atoms with van der Waals surface area (Å²) in [5.41, 5.74) is 3.40. The van der Waals surface area contributed by atoms with Gasteiger partial charge in [0.15, 0.2) is 11.5 Å². The van der Waals surface area contributed by atoms with Gasteiger partial charge in [-0.2, -0.15) is 0 Å². The molecule has 1 aliphatic heterocycles. The Morgan fingerprint density at radius 2 is 1.73 bits per heavy atom. The summed E-state index contributed by atoms with van der Waals surface area (Å²) in [7, 11) is 3.07. The average Bonchev–Trinajstić information content (AvgIpc) is 2.98.